The molecule has 2 aromatic carbocycles. The molecule has 1 aromatic heterocycles. The van der Waals surface area contributed by atoms with Crippen LogP contribution in [0.4, 0.5) is 5.69 Å². The highest BCUT2D eigenvalue weighted by Gasteiger charge is 2.10. The zero-order valence-corrected chi connectivity index (χ0v) is 17.1. The number of aromatic hydroxyl groups is 1. The molecule has 144 valence electrons. The Morgan fingerprint density at radius 3 is 2.82 bits per heavy atom. The molecule has 28 heavy (non-hydrogen) atoms. The molecule has 9 heteroatoms. The number of nitrogens with zero attached hydrogens (tertiary/aromatic N) is 3. The number of hydrogen-bond acceptors (Lipinski definition) is 6. The summed E-state index contributed by atoms with van der Waals surface area (Å²) in [6, 6.07) is 12.8. The molecule has 0 saturated carbocycles. The zero-order chi connectivity index (χ0) is 20.1. The van der Waals surface area contributed by atoms with Crippen LogP contribution in [0.2, 0.25) is 5.02 Å². The molecule has 0 aliphatic rings. The Labute approximate surface area is 174 Å². The lowest BCUT2D eigenvalue weighted by molar-refractivity contribution is 0.372. The predicted molar refractivity (Wildman–Crippen MR) is 113 cm³/mol. The van der Waals surface area contributed by atoms with Crippen molar-refractivity contribution in [1.82, 2.24) is 9.78 Å². The first-order valence-electron chi connectivity index (χ1n) is 8.14. The van der Waals surface area contributed by atoms with Crippen molar-refractivity contribution in [2.75, 3.05) is 12.5 Å². The first-order chi connectivity index (χ1) is 13.5. The number of phenolic OH excluding ortho intramolecular Hbond substituents is 1. The van der Waals surface area contributed by atoms with Gasteiger partial charge in [0.2, 0.25) is 0 Å². The van der Waals surface area contributed by atoms with Gasteiger partial charge < -0.3 is 9.84 Å². The monoisotopic (exact) mass is 462 g/mol. The van der Waals surface area contributed by atoms with Gasteiger partial charge >= 0.3 is 0 Å². The molecule has 0 amide bonds. The molecule has 0 saturated heterocycles. The molecule has 0 unspecified atom stereocenters. The molecule has 0 spiro atoms. The third-order valence-electron chi connectivity index (χ3n) is 3.83. The number of hydrazone groups is 1. The van der Waals surface area contributed by atoms with Gasteiger partial charge in [0.05, 0.1) is 30.5 Å². The molecule has 0 atom stereocenters. The number of methoxy groups -OCH3 is 1. The molecule has 0 radical (unpaired) electrons. The van der Waals surface area contributed by atoms with E-state index >= 15 is 0 Å². The maximum Gasteiger partial charge on any atom is 0.288 e. The van der Waals surface area contributed by atoms with Gasteiger partial charge in [0.15, 0.2) is 11.5 Å². The van der Waals surface area contributed by atoms with Crippen molar-refractivity contribution in [3.8, 4) is 11.5 Å². The van der Waals surface area contributed by atoms with Gasteiger partial charge in [-0.2, -0.15) is 10.2 Å². The lowest BCUT2D eigenvalue weighted by atomic mass is 10.2. The van der Waals surface area contributed by atoms with E-state index < -0.39 is 5.56 Å². The average Bonchev–Trinajstić information content (AvgIpc) is 2.70. The van der Waals surface area contributed by atoms with Gasteiger partial charge in [0.25, 0.3) is 5.56 Å². The van der Waals surface area contributed by atoms with E-state index in [0.717, 1.165) is 5.56 Å². The Hall–Kier alpha value is -2.84. The number of aromatic nitrogens is 2. The van der Waals surface area contributed by atoms with E-state index in [-0.39, 0.29) is 16.5 Å². The van der Waals surface area contributed by atoms with Crippen LogP contribution in [-0.4, -0.2) is 28.2 Å². The van der Waals surface area contributed by atoms with Gasteiger partial charge in [-0.05, 0) is 39.2 Å². The predicted octanol–water partition coefficient (Wildman–Crippen LogP) is 3.87. The van der Waals surface area contributed by atoms with Crippen LogP contribution in [0.3, 0.4) is 0 Å². The summed E-state index contributed by atoms with van der Waals surface area (Å²) in [5, 5.41) is 18.0. The molecule has 1 heterocycles. The van der Waals surface area contributed by atoms with Crippen molar-refractivity contribution < 1.29 is 9.84 Å². The fourth-order valence-corrected chi connectivity index (χ4v) is 3.06. The topological polar surface area (TPSA) is 88.7 Å². The minimum absolute atomic E-state index is 0.00174. The van der Waals surface area contributed by atoms with Gasteiger partial charge in [0.1, 0.15) is 10.7 Å². The highest BCUT2D eigenvalue weighted by molar-refractivity contribution is 9.10. The molecular weight excluding hydrogens is 448 g/mol. The second-order valence-corrected chi connectivity index (χ2v) is 6.98. The molecule has 0 aliphatic carbocycles. The summed E-state index contributed by atoms with van der Waals surface area (Å²) in [6.07, 6.45) is 2.94. The highest BCUT2D eigenvalue weighted by Crippen LogP contribution is 2.34. The van der Waals surface area contributed by atoms with Gasteiger partial charge in [-0.3, -0.25) is 10.2 Å². The number of phenols is 1. The normalized spacial score (nSPS) is 11.0. The second-order valence-electron chi connectivity index (χ2n) is 5.74. The lowest BCUT2D eigenvalue weighted by Crippen LogP contribution is -2.24. The van der Waals surface area contributed by atoms with Crippen LogP contribution >= 0.6 is 27.5 Å². The smallest absolute Gasteiger partial charge is 0.288 e. The van der Waals surface area contributed by atoms with Gasteiger partial charge in [0, 0.05) is 0 Å². The van der Waals surface area contributed by atoms with Gasteiger partial charge in [-0.1, -0.05) is 41.9 Å². The lowest BCUT2D eigenvalue weighted by Gasteiger charge is -2.08. The van der Waals surface area contributed by atoms with Crippen molar-refractivity contribution in [3.63, 3.8) is 0 Å². The number of rotatable bonds is 6. The van der Waals surface area contributed by atoms with Crippen molar-refractivity contribution in [2.24, 2.45) is 5.10 Å². The highest BCUT2D eigenvalue weighted by atomic mass is 79.9. The van der Waals surface area contributed by atoms with E-state index in [4.69, 9.17) is 16.3 Å². The maximum absolute atomic E-state index is 12.4. The van der Waals surface area contributed by atoms with Gasteiger partial charge in [-0.25, -0.2) is 4.68 Å². The summed E-state index contributed by atoms with van der Waals surface area (Å²) in [6.45, 7) is 0.324. The van der Waals surface area contributed by atoms with Crippen molar-refractivity contribution in [2.45, 2.75) is 6.54 Å². The summed E-state index contributed by atoms with van der Waals surface area (Å²) in [4.78, 5) is 12.4. The third-order valence-corrected chi connectivity index (χ3v) is 4.80. The van der Waals surface area contributed by atoms with Crippen molar-refractivity contribution in [1.29, 1.82) is 0 Å². The summed E-state index contributed by atoms with van der Waals surface area (Å²) >= 11 is 9.41. The second kappa shape index (κ2) is 8.90. The van der Waals surface area contributed by atoms with E-state index in [0.29, 0.717) is 22.3 Å². The van der Waals surface area contributed by atoms with Crippen molar-refractivity contribution in [3.05, 3.63) is 79.6 Å². The molecule has 0 bridgehead atoms. The van der Waals surface area contributed by atoms with Gasteiger partial charge in [-0.15, -0.1) is 0 Å². The van der Waals surface area contributed by atoms with Crippen LogP contribution in [0.25, 0.3) is 0 Å². The summed E-state index contributed by atoms with van der Waals surface area (Å²) in [5.41, 5.74) is 4.19. The first-order valence-corrected chi connectivity index (χ1v) is 9.32. The SMILES string of the molecule is COc1cc(/C=N\Nc2cnn(Cc3ccccc3)c(=O)c2Cl)cc(Br)c1O. The minimum Gasteiger partial charge on any atom is -0.503 e. The summed E-state index contributed by atoms with van der Waals surface area (Å²) in [7, 11) is 1.45. The number of nitrogens with one attached hydrogen (secondary N) is 1. The van der Waals surface area contributed by atoms with Crippen LogP contribution in [0, 0.1) is 0 Å². The fourth-order valence-electron chi connectivity index (χ4n) is 2.41. The number of benzene rings is 2. The third kappa shape index (κ3) is 4.52. The zero-order valence-electron chi connectivity index (χ0n) is 14.8. The Bertz CT molecular complexity index is 1070. The first kappa shape index (κ1) is 19.9. The van der Waals surface area contributed by atoms with Crippen LogP contribution < -0.4 is 15.7 Å². The van der Waals surface area contributed by atoms with E-state index in [1.54, 1.807) is 12.1 Å². The van der Waals surface area contributed by atoms with Crippen LogP contribution in [-0.2, 0) is 6.54 Å². The molecule has 0 fully saturated rings. The molecule has 7 nitrogen and oxygen atoms in total. The summed E-state index contributed by atoms with van der Waals surface area (Å²) < 4.78 is 6.85. The number of hydrogen-bond donors (Lipinski definition) is 2. The van der Waals surface area contributed by atoms with Crippen LogP contribution in [0.1, 0.15) is 11.1 Å². The molecule has 0 aliphatic heterocycles. The molecular formula is C19H16BrClN4O3. The number of anilines is 1. The maximum atomic E-state index is 12.4. The Kier molecular flexibility index (Phi) is 6.33. The summed E-state index contributed by atoms with van der Waals surface area (Å²) in [5.74, 6) is 0.306. The number of ether oxygens (including phenoxy) is 1. The molecule has 3 rings (SSSR count). The minimum atomic E-state index is -0.417. The Morgan fingerprint density at radius 1 is 1.36 bits per heavy atom. The fraction of sp³-hybridized carbons (Fsp3) is 0.105. The van der Waals surface area contributed by atoms with Crippen molar-refractivity contribution >= 4 is 39.4 Å². The average molecular weight is 464 g/mol. The van der Waals surface area contributed by atoms with E-state index in [1.165, 1.54) is 24.2 Å². The Morgan fingerprint density at radius 2 is 2.11 bits per heavy atom. The molecule has 3 aromatic rings. The quantitative estimate of drug-likeness (QED) is 0.428. The van der Waals surface area contributed by atoms with E-state index in [1.807, 2.05) is 30.3 Å². The van der Waals surface area contributed by atoms with Crippen LogP contribution in [0.15, 0.2) is 63.0 Å². The van der Waals surface area contributed by atoms with E-state index in [9.17, 15) is 9.90 Å². The number of halogens is 2. The standard InChI is InChI=1S/C19H16BrClN4O3/c1-28-16-8-13(7-14(20)18(16)26)9-22-24-15-10-23-25(19(27)17(15)21)11-12-5-3-2-4-6-12/h2-10,24,26H,11H2,1H3/b22-9-. The van der Waals surface area contributed by atoms with E-state index in [2.05, 4.69) is 31.6 Å². The molecule has 2 N–H and O–H groups in total. The largest absolute Gasteiger partial charge is 0.503 e. The van der Waals surface area contributed by atoms with Crippen LogP contribution in [0.5, 0.6) is 11.5 Å². The Balaban J connectivity index is 1.76.